The van der Waals surface area contributed by atoms with Gasteiger partial charge in [-0.25, -0.2) is 14.1 Å². The van der Waals surface area contributed by atoms with Crippen LogP contribution in [0.2, 0.25) is 5.02 Å². The summed E-state index contributed by atoms with van der Waals surface area (Å²) in [7, 11) is 1.35. The number of benzene rings is 1. The molecule has 0 saturated carbocycles. The van der Waals surface area contributed by atoms with Crippen LogP contribution in [0.15, 0.2) is 49.1 Å². The summed E-state index contributed by atoms with van der Waals surface area (Å²) in [6.45, 7) is 0.127. The molecule has 1 fully saturated rings. The van der Waals surface area contributed by atoms with Crippen LogP contribution < -0.4 is 9.64 Å². The molecule has 2 aromatic heterocycles. The zero-order chi connectivity index (χ0) is 24.7. The number of carbonyl (C=O) groups is 2. The molecule has 3 amide bonds. The third-order valence-corrected chi connectivity index (χ3v) is 7.56. The minimum absolute atomic E-state index is 0.0143. The van der Waals surface area contributed by atoms with Crippen molar-refractivity contribution in [2.24, 2.45) is 0 Å². The molecule has 0 radical (unpaired) electrons. The Balaban J connectivity index is 1.59. The van der Waals surface area contributed by atoms with Crippen LogP contribution in [-0.4, -0.2) is 51.8 Å². The van der Waals surface area contributed by atoms with Gasteiger partial charge in [-0.3, -0.25) is 14.8 Å². The van der Waals surface area contributed by atoms with Crippen molar-refractivity contribution in [2.45, 2.75) is 17.7 Å². The molecular weight excluding hydrogens is 493 g/mol. The van der Waals surface area contributed by atoms with Crippen LogP contribution in [0.1, 0.15) is 12.0 Å². The normalized spacial score (nSPS) is 19.5. The average molecular weight is 510 g/mol. The van der Waals surface area contributed by atoms with Crippen molar-refractivity contribution >= 4 is 56.7 Å². The summed E-state index contributed by atoms with van der Waals surface area (Å²) in [4.78, 5) is 38.9. The smallest absolute Gasteiger partial charge is 0.332 e. The Morgan fingerprint density at radius 2 is 2.09 bits per heavy atom. The molecular formula is C24H17ClFN5O3S. The molecule has 0 N–H and O–H groups in total. The summed E-state index contributed by atoms with van der Waals surface area (Å²) in [5, 5.41) is 9.97. The first-order valence-corrected chi connectivity index (χ1v) is 11.8. The van der Waals surface area contributed by atoms with E-state index in [2.05, 4.69) is 16.0 Å². The van der Waals surface area contributed by atoms with E-state index in [0.717, 1.165) is 16.4 Å². The summed E-state index contributed by atoms with van der Waals surface area (Å²) >= 11 is 7.56. The molecule has 2 unspecified atom stereocenters. The van der Waals surface area contributed by atoms with Gasteiger partial charge in [0.1, 0.15) is 5.25 Å². The van der Waals surface area contributed by atoms with Crippen LogP contribution in [0.25, 0.3) is 15.7 Å². The molecule has 0 bridgehead atoms. The van der Waals surface area contributed by atoms with E-state index in [9.17, 15) is 19.2 Å². The fraction of sp³-hybridized carbons (Fsp3) is 0.208. The molecule has 4 heterocycles. The number of anilines is 1. The predicted molar refractivity (Wildman–Crippen MR) is 130 cm³/mol. The number of imide groups is 1. The second-order valence-electron chi connectivity index (χ2n) is 7.84. The topological polar surface area (TPSA) is 99.4 Å². The summed E-state index contributed by atoms with van der Waals surface area (Å²) in [5.74, 6) is -1.01. The number of ether oxygens (including phenoxy) is 1. The molecule has 2 aliphatic heterocycles. The number of thioether (sulfide) groups is 1. The van der Waals surface area contributed by atoms with Crippen LogP contribution in [0.5, 0.6) is 5.75 Å². The number of hydrogen-bond donors (Lipinski definition) is 0. The number of carbonyl (C=O) groups excluding carboxylic acids is 2. The quantitative estimate of drug-likeness (QED) is 0.494. The van der Waals surface area contributed by atoms with Crippen molar-refractivity contribution in [3.05, 3.63) is 65.5 Å². The fourth-order valence-electron chi connectivity index (χ4n) is 4.25. The molecule has 176 valence electrons. The molecule has 11 heteroatoms. The van der Waals surface area contributed by atoms with Gasteiger partial charge in [0.15, 0.2) is 11.6 Å². The first-order valence-electron chi connectivity index (χ1n) is 10.6. The lowest BCUT2D eigenvalue weighted by Crippen LogP contribution is -2.62. The van der Waals surface area contributed by atoms with Crippen molar-refractivity contribution in [1.82, 2.24) is 14.9 Å². The maximum absolute atomic E-state index is 14.1. The van der Waals surface area contributed by atoms with Gasteiger partial charge in [0, 0.05) is 46.4 Å². The monoisotopic (exact) mass is 509 g/mol. The summed E-state index contributed by atoms with van der Waals surface area (Å²) in [6.07, 6.45) is 8.12. The third kappa shape index (κ3) is 3.87. The maximum atomic E-state index is 14.1. The third-order valence-electron chi connectivity index (χ3n) is 5.90. The largest absolute Gasteiger partial charge is 0.494 e. The zero-order valence-electron chi connectivity index (χ0n) is 18.3. The second-order valence-corrected chi connectivity index (χ2v) is 9.43. The standard InChI is InChI=1S/C24H17ClFN5O3S/c1-34-20-7-14(16(25)8-17(20)26)21-9-18-22(35-21)23(32)31(24(33)30(18)6-2-4-27)19-12-29-10-13-3-5-28-11-15(13)19/h3,5,7-12,18,22H,2,6H2,1H3. The van der Waals surface area contributed by atoms with E-state index < -0.39 is 29.0 Å². The van der Waals surface area contributed by atoms with Gasteiger partial charge in [-0.2, -0.15) is 5.26 Å². The molecule has 0 aliphatic carbocycles. The molecule has 8 nitrogen and oxygen atoms in total. The van der Waals surface area contributed by atoms with Crippen LogP contribution in [0.4, 0.5) is 14.9 Å². The Labute approximate surface area is 208 Å². The van der Waals surface area contributed by atoms with Gasteiger partial charge in [-0.05, 0) is 24.3 Å². The highest BCUT2D eigenvalue weighted by Gasteiger charge is 2.50. The lowest BCUT2D eigenvalue weighted by atomic mass is 10.0. The number of halogens is 2. The van der Waals surface area contributed by atoms with Gasteiger partial charge >= 0.3 is 6.03 Å². The highest BCUT2D eigenvalue weighted by atomic mass is 35.5. The second kappa shape index (κ2) is 9.17. The summed E-state index contributed by atoms with van der Waals surface area (Å²) in [6, 6.07) is 5.27. The number of pyridine rings is 2. The first-order chi connectivity index (χ1) is 16.9. The van der Waals surface area contributed by atoms with E-state index in [4.69, 9.17) is 16.3 Å². The maximum Gasteiger partial charge on any atom is 0.332 e. The van der Waals surface area contributed by atoms with Gasteiger partial charge in [0.05, 0.1) is 42.5 Å². The van der Waals surface area contributed by atoms with Crippen molar-refractivity contribution in [3.8, 4) is 11.8 Å². The average Bonchev–Trinajstić information content (AvgIpc) is 3.29. The SMILES string of the molecule is COc1cc(C2=CC3C(S2)C(=O)N(c2cncc4ccncc24)C(=O)N3CCC#N)c(Cl)cc1F. The van der Waals surface area contributed by atoms with Crippen molar-refractivity contribution in [1.29, 1.82) is 5.26 Å². The van der Waals surface area contributed by atoms with Gasteiger partial charge in [0.2, 0.25) is 0 Å². The zero-order valence-corrected chi connectivity index (χ0v) is 19.9. The van der Waals surface area contributed by atoms with Gasteiger partial charge in [0.25, 0.3) is 5.91 Å². The molecule has 0 spiro atoms. The van der Waals surface area contributed by atoms with E-state index in [1.807, 2.05) is 0 Å². The Morgan fingerprint density at radius 1 is 1.26 bits per heavy atom. The first kappa shape index (κ1) is 23.1. The number of nitriles is 1. The molecule has 1 saturated heterocycles. The van der Waals surface area contributed by atoms with Gasteiger partial charge in [-0.1, -0.05) is 11.6 Å². The number of amides is 3. The Kier molecular flexibility index (Phi) is 6.05. The van der Waals surface area contributed by atoms with Crippen molar-refractivity contribution in [2.75, 3.05) is 18.6 Å². The molecule has 2 aliphatic rings. The summed E-state index contributed by atoms with van der Waals surface area (Å²) < 4.78 is 19.2. The van der Waals surface area contributed by atoms with E-state index in [-0.39, 0.29) is 23.7 Å². The predicted octanol–water partition coefficient (Wildman–Crippen LogP) is 4.64. The van der Waals surface area contributed by atoms with E-state index in [1.54, 1.807) is 30.7 Å². The summed E-state index contributed by atoms with van der Waals surface area (Å²) in [5.41, 5.74) is 0.814. The Hall–Kier alpha value is -3.68. The van der Waals surface area contributed by atoms with Gasteiger partial charge < -0.3 is 9.64 Å². The number of methoxy groups -OCH3 is 1. The lowest BCUT2D eigenvalue weighted by molar-refractivity contribution is -0.119. The highest BCUT2D eigenvalue weighted by molar-refractivity contribution is 8.09. The highest BCUT2D eigenvalue weighted by Crippen LogP contribution is 2.48. The van der Waals surface area contributed by atoms with Crippen LogP contribution in [0, 0.1) is 17.1 Å². The van der Waals surface area contributed by atoms with Gasteiger partial charge in [-0.15, -0.1) is 11.8 Å². The number of nitrogens with zero attached hydrogens (tertiary/aromatic N) is 5. The lowest BCUT2D eigenvalue weighted by Gasteiger charge is -2.41. The van der Waals surface area contributed by atoms with E-state index in [0.29, 0.717) is 21.5 Å². The molecule has 2 atom stereocenters. The number of rotatable bonds is 5. The van der Waals surface area contributed by atoms with Crippen molar-refractivity contribution in [3.63, 3.8) is 0 Å². The minimum Gasteiger partial charge on any atom is -0.494 e. The molecule has 3 aromatic rings. The Morgan fingerprint density at radius 3 is 2.86 bits per heavy atom. The fourth-order valence-corrected chi connectivity index (χ4v) is 5.91. The number of fused-ring (bicyclic) bond motifs is 2. The molecule has 35 heavy (non-hydrogen) atoms. The van der Waals surface area contributed by atoms with Crippen LogP contribution in [-0.2, 0) is 4.79 Å². The van der Waals surface area contributed by atoms with E-state index >= 15 is 0 Å². The van der Waals surface area contributed by atoms with Crippen LogP contribution >= 0.6 is 23.4 Å². The minimum atomic E-state index is -0.694. The molecule has 1 aromatic carbocycles. The molecule has 5 rings (SSSR count). The van der Waals surface area contributed by atoms with Crippen molar-refractivity contribution < 1.29 is 18.7 Å². The van der Waals surface area contributed by atoms with E-state index in [1.165, 1.54) is 36.0 Å². The van der Waals surface area contributed by atoms with Crippen LogP contribution in [0.3, 0.4) is 0 Å². The number of urea groups is 1. The number of aromatic nitrogens is 2. The number of hydrogen-bond acceptors (Lipinski definition) is 7. The Bertz CT molecular complexity index is 1440.